The summed E-state index contributed by atoms with van der Waals surface area (Å²) < 4.78 is -1.99. The minimum atomic E-state index is -1.99. The number of carbonyl (C=O) groups excluding carboxylic acids is 1. The lowest BCUT2D eigenvalue weighted by Gasteiger charge is -2.28. The van der Waals surface area contributed by atoms with Crippen molar-refractivity contribution in [2.45, 2.75) is 23.2 Å². The molecule has 28 heavy (non-hydrogen) atoms. The van der Waals surface area contributed by atoms with Crippen LogP contribution < -0.4 is 5.32 Å². The molecule has 2 N–H and O–H groups in total. The number of amides is 1. The van der Waals surface area contributed by atoms with Gasteiger partial charge in [-0.1, -0.05) is 59.1 Å². The molecule has 3 aromatic rings. The number of carbonyl (C=O) groups is 1. The molecule has 0 aliphatic carbocycles. The molecule has 2 heterocycles. The lowest BCUT2D eigenvalue weighted by molar-refractivity contribution is -0.115. The van der Waals surface area contributed by atoms with Gasteiger partial charge in [0.1, 0.15) is 0 Å². The van der Waals surface area contributed by atoms with Gasteiger partial charge in [-0.15, -0.1) is 0 Å². The van der Waals surface area contributed by atoms with E-state index in [4.69, 9.17) is 34.8 Å². The molecule has 7 heteroatoms. The Morgan fingerprint density at radius 1 is 1.14 bits per heavy atom. The van der Waals surface area contributed by atoms with E-state index in [0.29, 0.717) is 5.69 Å². The Morgan fingerprint density at radius 3 is 2.71 bits per heavy atom. The van der Waals surface area contributed by atoms with Crippen LogP contribution in [0.25, 0.3) is 10.9 Å². The van der Waals surface area contributed by atoms with Gasteiger partial charge in [-0.05, 0) is 47.7 Å². The Hall–Kier alpha value is -1.72. The quantitative estimate of drug-likeness (QED) is 0.560. The van der Waals surface area contributed by atoms with Crippen molar-refractivity contribution in [3.05, 3.63) is 65.4 Å². The van der Waals surface area contributed by atoms with Crippen LogP contribution in [0.15, 0.2) is 48.7 Å². The molecular formula is C21H20Cl3N3O. The first-order chi connectivity index (χ1) is 13.4. The fourth-order valence-corrected chi connectivity index (χ4v) is 3.83. The summed E-state index contributed by atoms with van der Waals surface area (Å²) in [4.78, 5) is 17.7. The van der Waals surface area contributed by atoms with Crippen molar-refractivity contribution in [3.63, 3.8) is 0 Å². The molecule has 1 aromatic heterocycles. The van der Waals surface area contributed by atoms with Gasteiger partial charge < -0.3 is 10.3 Å². The second kappa shape index (κ2) is 7.96. The number of rotatable bonds is 4. The van der Waals surface area contributed by atoms with E-state index in [1.165, 1.54) is 16.7 Å². The first-order valence-corrected chi connectivity index (χ1v) is 10.3. The molecule has 1 aliphatic heterocycles. The van der Waals surface area contributed by atoms with Gasteiger partial charge in [-0.25, -0.2) is 0 Å². The Balaban J connectivity index is 1.46. The number of H-pyrrole nitrogens is 1. The highest BCUT2D eigenvalue weighted by Gasteiger charge is 2.30. The molecule has 0 atom stereocenters. The van der Waals surface area contributed by atoms with Crippen LogP contribution in [0.4, 0.5) is 5.69 Å². The SMILES string of the molecule is O=C(Nc1ccc2[nH]cc(CCN3CCc4ccccc4C3)c2c1)C(Cl)(Cl)Cl. The van der Waals surface area contributed by atoms with Crippen LogP contribution in [0, 0.1) is 0 Å². The van der Waals surface area contributed by atoms with E-state index in [-0.39, 0.29) is 0 Å². The zero-order valence-electron chi connectivity index (χ0n) is 15.1. The number of fused-ring (bicyclic) bond motifs is 2. The van der Waals surface area contributed by atoms with E-state index in [1.807, 2.05) is 18.3 Å². The number of aromatic nitrogens is 1. The van der Waals surface area contributed by atoms with Crippen molar-refractivity contribution in [2.24, 2.45) is 0 Å². The number of hydrogen-bond donors (Lipinski definition) is 2. The number of hydrogen-bond acceptors (Lipinski definition) is 2. The van der Waals surface area contributed by atoms with Crippen LogP contribution in [0.1, 0.15) is 16.7 Å². The van der Waals surface area contributed by atoms with Crippen LogP contribution in [0.2, 0.25) is 0 Å². The topological polar surface area (TPSA) is 48.1 Å². The van der Waals surface area contributed by atoms with E-state index in [2.05, 4.69) is 39.5 Å². The molecule has 1 amide bonds. The zero-order valence-corrected chi connectivity index (χ0v) is 17.4. The standard InChI is InChI=1S/C21H20Cl3N3O/c22-21(23,24)20(28)26-17-5-6-19-18(11-17)15(12-25-19)8-10-27-9-7-14-3-1-2-4-16(14)13-27/h1-6,11-12,25H,7-10,13H2,(H,26,28). The van der Waals surface area contributed by atoms with Gasteiger partial charge >= 0.3 is 0 Å². The molecule has 0 bridgehead atoms. The van der Waals surface area contributed by atoms with Crippen LogP contribution in [0.3, 0.4) is 0 Å². The van der Waals surface area contributed by atoms with Crippen molar-refractivity contribution in [1.29, 1.82) is 0 Å². The van der Waals surface area contributed by atoms with Crippen LogP contribution >= 0.6 is 34.8 Å². The molecule has 0 radical (unpaired) electrons. The van der Waals surface area contributed by atoms with E-state index in [1.54, 1.807) is 6.07 Å². The van der Waals surface area contributed by atoms with Gasteiger partial charge in [0.05, 0.1) is 0 Å². The van der Waals surface area contributed by atoms with E-state index < -0.39 is 9.70 Å². The van der Waals surface area contributed by atoms with Gasteiger partial charge in [0, 0.05) is 42.4 Å². The van der Waals surface area contributed by atoms with Gasteiger partial charge in [-0.2, -0.15) is 0 Å². The number of halogens is 3. The van der Waals surface area contributed by atoms with E-state index in [0.717, 1.165) is 43.4 Å². The van der Waals surface area contributed by atoms with E-state index in [9.17, 15) is 4.79 Å². The van der Waals surface area contributed by atoms with Crippen molar-refractivity contribution in [3.8, 4) is 0 Å². The van der Waals surface area contributed by atoms with E-state index >= 15 is 0 Å². The molecule has 0 unspecified atom stereocenters. The first-order valence-electron chi connectivity index (χ1n) is 9.17. The van der Waals surface area contributed by atoms with Crippen LogP contribution in [-0.4, -0.2) is 32.7 Å². The third kappa shape index (κ3) is 4.31. The molecule has 4 rings (SSSR count). The summed E-state index contributed by atoms with van der Waals surface area (Å²) in [6.45, 7) is 3.04. The second-order valence-electron chi connectivity index (χ2n) is 7.07. The number of nitrogens with one attached hydrogen (secondary N) is 2. The average Bonchev–Trinajstić information content (AvgIpc) is 3.08. The first kappa shape index (κ1) is 19.6. The predicted molar refractivity (Wildman–Crippen MR) is 116 cm³/mol. The van der Waals surface area contributed by atoms with Crippen LogP contribution in [0.5, 0.6) is 0 Å². The highest BCUT2D eigenvalue weighted by Crippen LogP contribution is 2.29. The summed E-state index contributed by atoms with van der Waals surface area (Å²) >= 11 is 16.9. The molecule has 0 fully saturated rings. The third-order valence-electron chi connectivity index (χ3n) is 5.19. The highest BCUT2D eigenvalue weighted by atomic mass is 35.6. The maximum Gasteiger partial charge on any atom is 0.276 e. The van der Waals surface area contributed by atoms with Crippen molar-refractivity contribution in [2.75, 3.05) is 18.4 Å². The third-order valence-corrected chi connectivity index (χ3v) is 5.70. The minimum Gasteiger partial charge on any atom is -0.361 e. The maximum absolute atomic E-state index is 11.9. The Kier molecular flexibility index (Phi) is 5.57. The smallest absolute Gasteiger partial charge is 0.276 e. The Morgan fingerprint density at radius 2 is 1.93 bits per heavy atom. The summed E-state index contributed by atoms with van der Waals surface area (Å²) in [5.41, 5.74) is 5.71. The number of anilines is 1. The number of nitrogens with zero attached hydrogens (tertiary/aromatic N) is 1. The number of aromatic amines is 1. The zero-order chi connectivity index (χ0) is 19.7. The molecule has 2 aromatic carbocycles. The normalized spacial score (nSPS) is 14.8. The lowest BCUT2D eigenvalue weighted by Crippen LogP contribution is -2.32. The fourth-order valence-electron chi connectivity index (χ4n) is 3.69. The minimum absolute atomic E-state index is 0.608. The highest BCUT2D eigenvalue weighted by molar-refractivity contribution is 6.76. The summed E-state index contributed by atoms with van der Waals surface area (Å²) in [5.74, 6) is -0.666. The second-order valence-corrected chi connectivity index (χ2v) is 9.35. The van der Waals surface area contributed by atoms with Gasteiger partial charge in [0.25, 0.3) is 9.70 Å². The molecule has 1 aliphatic rings. The van der Waals surface area contributed by atoms with Crippen molar-refractivity contribution < 1.29 is 4.79 Å². The molecule has 0 spiro atoms. The summed E-state index contributed by atoms with van der Waals surface area (Å²) in [6.07, 6.45) is 4.05. The number of benzene rings is 2. The fraction of sp³-hybridized carbons (Fsp3) is 0.286. The molecule has 0 saturated heterocycles. The molecule has 146 valence electrons. The molecule has 0 saturated carbocycles. The van der Waals surface area contributed by atoms with Gasteiger partial charge in [0.2, 0.25) is 0 Å². The molecular weight excluding hydrogens is 417 g/mol. The summed E-state index contributed by atoms with van der Waals surface area (Å²) in [7, 11) is 0. The van der Waals surface area contributed by atoms with Crippen molar-refractivity contribution >= 4 is 57.3 Å². The number of alkyl halides is 3. The summed E-state index contributed by atoms with van der Waals surface area (Å²) in [6, 6.07) is 14.3. The van der Waals surface area contributed by atoms with Gasteiger partial charge in [0.15, 0.2) is 0 Å². The van der Waals surface area contributed by atoms with Crippen molar-refractivity contribution in [1.82, 2.24) is 9.88 Å². The van der Waals surface area contributed by atoms with Crippen LogP contribution in [-0.2, 0) is 24.2 Å². The largest absolute Gasteiger partial charge is 0.361 e. The summed E-state index contributed by atoms with van der Waals surface area (Å²) in [5, 5.41) is 3.72. The maximum atomic E-state index is 11.9. The van der Waals surface area contributed by atoms with Gasteiger partial charge in [-0.3, -0.25) is 9.69 Å². The molecule has 4 nitrogen and oxygen atoms in total. The predicted octanol–water partition coefficient (Wildman–Crippen LogP) is 5.08. The Labute approximate surface area is 178 Å². The average molecular weight is 437 g/mol. The Bertz CT molecular complexity index is 1010. The monoisotopic (exact) mass is 435 g/mol. The lowest BCUT2D eigenvalue weighted by atomic mass is 9.99.